The van der Waals surface area contributed by atoms with E-state index in [0.29, 0.717) is 36.1 Å². The lowest BCUT2D eigenvalue weighted by Crippen LogP contribution is -2.26. The number of imidazole rings is 2. The summed E-state index contributed by atoms with van der Waals surface area (Å²) in [6.45, 7) is 6.83. The molecule has 4 aromatic rings. The number of carbonyl (C=O) groups excluding carboxylic acids is 2. The number of amides is 2. The molecule has 10 heteroatoms. The lowest BCUT2D eigenvalue weighted by Gasteiger charge is -2.09. The predicted octanol–water partition coefficient (Wildman–Crippen LogP) is 2.11. The van der Waals surface area contributed by atoms with Crippen molar-refractivity contribution in [3.8, 4) is 22.6 Å². The lowest BCUT2D eigenvalue weighted by atomic mass is 10.1. The Labute approximate surface area is 177 Å². The number of fused-ring (bicyclic) bond motifs is 2. The van der Waals surface area contributed by atoms with Gasteiger partial charge in [0.2, 0.25) is 11.9 Å². The summed E-state index contributed by atoms with van der Waals surface area (Å²) >= 11 is 0. The first-order valence-electron chi connectivity index (χ1n) is 10.1. The molecule has 158 valence electrons. The topological polar surface area (TPSA) is 116 Å². The van der Waals surface area contributed by atoms with Gasteiger partial charge in [-0.1, -0.05) is 0 Å². The van der Waals surface area contributed by atoms with Crippen LogP contribution in [0.2, 0.25) is 0 Å². The van der Waals surface area contributed by atoms with Crippen molar-refractivity contribution in [2.45, 2.75) is 33.4 Å². The van der Waals surface area contributed by atoms with Crippen molar-refractivity contribution in [2.24, 2.45) is 5.73 Å². The van der Waals surface area contributed by atoms with E-state index in [4.69, 9.17) is 15.8 Å². The number of nitrogens with two attached hydrogens (primary N) is 1. The van der Waals surface area contributed by atoms with Crippen LogP contribution in [-0.4, -0.2) is 47.1 Å². The molecule has 5 heterocycles. The number of aromatic nitrogens is 6. The summed E-state index contributed by atoms with van der Waals surface area (Å²) in [5, 5.41) is 4.69. The molecule has 4 aromatic heterocycles. The second-order valence-electron chi connectivity index (χ2n) is 7.86. The summed E-state index contributed by atoms with van der Waals surface area (Å²) in [6, 6.07) is 5.89. The van der Waals surface area contributed by atoms with Crippen LogP contribution < -0.4 is 10.6 Å². The summed E-state index contributed by atoms with van der Waals surface area (Å²) in [5.74, 6) is -0.0186. The molecule has 2 N–H and O–H groups in total. The largest absolute Gasteiger partial charge is 0.364 e. The number of hydrogen-bond donors (Lipinski definition) is 1. The molecule has 5 rings (SSSR count). The Hall–Kier alpha value is -3.95. The highest BCUT2D eigenvalue weighted by Crippen LogP contribution is 2.37. The molecule has 0 radical (unpaired) electrons. The van der Waals surface area contributed by atoms with Crippen molar-refractivity contribution >= 4 is 23.4 Å². The van der Waals surface area contributed by atoms with Gasteiger partial charge in [-0.3, -0.25) is 23.6 Å². The maximum absolute atomic E-state index is 12.1. The van der Waals surface area contributed by atoms with E-state index >= 15 is 0 Å². The molecule has 0 aliphatic carbocycles. The normalized spacial score (nSPS) is 13.4. The third-order valence-corrected chi connectivity index (χ3v) is 5.53. The fourth-order valence-corrected chi connectivity index (χ4v) is 3.98. The minimum Gasteiger partial charge on any atom is -0.364 e. The van der Waals surface area contributed by atoms with E-state index < -0.39 is 5.91 Å². The first-order valence-corrected chi connectivity index (χ1v) is 10.1. The molecular weight excluding hydrogens is 396 g/mol. The van der Waals surface area contributed by atoms with Gasteiger partial charge in [-0.05, 0) is 32.0 Å². The zero-order valence-corrected chi connectivity index (χ0v) is 17.5. The zero-order valence-electron chi connectivity index (χ0n) is 17.5. The Bertz CT molecular complexity index is 1340. The first kappa shape index (κ1) is 19.0. The molecule has 0 spiro atoms. The van der Waals surface area contributed by atoms with Gasteiger partial charge in [0.05, 0.1) is 11.9 Å². The van der Waals surface area contributed by atoms with Crippen molar-refractivity contribution < 1.29 is 9.59 Å². The average Bonchev–Trinajstić information content (AvgIpc) is 3.47. The fraction of sp³-hybridized carbons (Fsp3) is 0.286. The van der Waals surface area contributed by atoms with Gasteiger partial charge in [0.1, 0.15) is 22.7 Å². The Morgan fingerprint density at radius 2 is 1.97 bits per heavy atom. The molecule has 0 saturated carbocycles. The van der Waals surface area contributed by atoms with Crippen LogP contribution >= 0.6 is 0 Å². The average molecular weight is 418 g/mol. The minimum atomic E-state index is -0.554. The van der Waals surface area contributed by atoms with Crippen LogP contribution in [0.15, 0.2) is 36.8 Å². The van der Waals surface area contributed by atoms with Gasteiger partial charge in [-0.2, -0.15) is 5.10 Å². The first-order chi connectivity index (χ1) is 14.8. The molecule has 0 aromatic carbocycles. The fourth-order valence-electron chi connectivity index (χ4n) is 3.98. The molecule has 1 aliphatic heterocycles. The monoisotopic (exact) mass is 418 g/mol. The zero-order chi connectivity index (χ0) is 21.9. The smallest absolute Gasteiger partial charge is 0.267 e. The predicted molar refractivity (Wildman–Crippen MR) is 115 cm³/mol. The Kier molecular flexibility index (Phi) is 4.17. The van der Waals surface area contributed by atoms with E-state index in [-0.39, 0.29) is 11.9 Å². The highest BCUT2D eigenvalue weighted by Gasteiger charge is 2.31. The van der Waals surface area contributed by atoms with Crippen molar-refractivity contribution in [1.82, 2.24) is 28.7 Å². The lowest BCUT2D eigenvalue weighted by molar-refractivity contribution is -0.116. The highest BCUT2D eigenvalue weighted by atomic mass is 16.2. The summed E-state index contributed by atoms with van der Waals surface area (Å²) in [4.78, 5) is 34.7. The number of nitrogens with zero attached hydrogens (tertiary/aromatic N) is 7. The second-order valence-corrected chi connectivity index (χ2v) is 7.86. The van der Waals surface area contributed by atoms with Crippen molar-refractivity contribution in [3.63, 3.8) is 0 Å². The van der Waals surface area contributed by atoms with Crippen LogP contribution in [0.25, 0.3) is 28.3 Å². The van der Waals surface area contributed by atoms with Crippen LogP contribution in [-0.2, 0) is 11.3 Å². The van der Waals surface area contributed by atoms with Crippen molar-refractivity contribution in [1.29, 1.82) is 0 Å². The van der Waals surface area contributed by atoms with Crippen LogP contribution in [0.5, 0.6) is 0 Å². The quantitative estimate of drug-likeness (QED) is 0.545. The molecule has 0 unspecified atom stereocenters. The van der Waals surface area contributed by atoms with Gasteiger partial charge in [0, 0.05) is 44.0 Å². The molecular formula is C21H22N8O2. The maximum atomic E-state index is 12.1. The number of hydrogen-bond acceptors (Lipinski definition) is 5. The van der Waals surface area contributed by atoms with Crippen LogP contribution in [0.1, 0.15) is 37.3 Å². The van der Waals surface area contributed by atoms with Gasteiger partial charge < -0.3 is 10.3 Å². The summed E-state index contributed by atoms with van der Waals surface area (Å²) in [6.07, 6.45) is 5.21. The van der Waals surface area contributed by atoms with Gasteiger partial charge >= 0.3 is 0 Å². The Morgan fingerprint density at radius 1 is 1.16 bits per heavy atom. The van der Waals surface area contributed by atoms with Gasteiger partial charge in [0.15, 0.2) is 0 Å². The highest BCUT2D eigenvalue weighted by molar-refractivity contribution is 5.93. The van der Waals surface area contributed by atoms with Crippen LogP contribution in [0, 0.1) is 0 Å². The van der Waals surface area contributed by atoms with E-state index in [2.05, 4.69) is 18.8 Å². The number of carbonyl (C=O) groups is 2. The third kappa shape index (κ3) is 2.90. The van der Waals surface area contributed by atoms with Gasteiger partial charge in [-0.25, -0.2) is 9.97 Å². The van der Waals surface area contributed by atoms with E-state index in [0.717, 1.165) is 17.0 Å². The standard InChI is InChI=1S/C21H22N8O2/c1-12(2)29-7-6-15(25-29)18-19(27-9-8-26(13(3)30)21(27)24-18)14-4-5-17-23-10-16(20(22)31)28(17)11-14/h4-7,10-12H,8-9H2,1-3H3,(H2,22,31). The number of rotatable bonds is 4. The molecule has 0 bridgehead atoms. The van der Waals surface area contributed by atoms with Crippen LogP contribution in [0.4, 0.5) is 5.95 Å². The molecule has 31 heavy (non-hydrogen) atoms. The summed E-state index contributed by atoms with van der Waals surface area (Å²) in [7, 11) is 0. The summed E-state index contributed by atoms with van der Waals surface area (Å²) in [5.41, 5.74) is 9.49. The van der Waals surface area contributed by atoms with E-state index in [1.807, 2.05) is 39.8 Å². The van der Waals surface area contributed by atoms with E-state index in [1.54, 1.807) is 9.30 Å². The van der Waals surface area contributed by atoms with Gasteiger partial charge in [0.25, 0.3) is 5.91 Å². The van der Waals surface area contributed by atoms with Gasteiger partial charge in [-0.15, -0.1) is 0 Å². The number of primary amides is 1. The Morgan fingerprint density at radius 3 is 2.65 bits per heavy atom. The third-order valence-electron chi connectivity index (χ3n) is 5.53. The van der Waals surface area contributed by atoms with E-state index in [9.17, 15) is 9.59 Å². The second kappa shape index (κ2) is 6.79. The van der Waals surface area contributed by atoms with Crippen molar-refractivity contribution in [2.75, 3.05) is 11.4 Å². The molecule has 0 fully saturated rings. The summed E-state index contributed by atoms with van der Waals surface area (Å²) < 4.78 is 5.57. The van der Waals surface area contributed by atoms with Crippen LogP contribution in [0.3, 0.4) is 0 Å². The molecule has 10 nitrogen and oxygen atoms in total. The number of pyridine rings is 1. The SMILES string of the molecule is CC(=O)N1CCn2c1nc(-c1ccn(C(C)C)n1)c2-c1ccc2ncc(C(N)=O)n2c1. The minimum absolute atomic E-state index is 0.0596. The molecule has 0 atom stereocenters. The molecule has 2 amide bonds. The molecule has 0 saturated heterocycles. The Balaban J connectivity index is 1.75. The number of anilines is 1. The van der Waals surface area contributed by atoms with E-state index in [1.165, 1.54) is 13.1 Å². The molecule has 1 aliphatic rings. The van der Waals surface area contributed by atoms with Crippen molar-refractivity contribution in [3.05, 3.63) is 42.5 Å². The maximum Gasteiger partial charge on any atom is 0.267 e.